The summed E-state index contributed by atoms with van der Waals surface area (Å²) in [7, 11) is 0. The zero-order valence-corrected chi connectivity index (χ0v) is 46.2. The van der Waals surface area contributed by atoms with Crippen LogP contribution < -0.4 is 5.32 Å². The number of rotatable bonds is 50. The quantitative estimate of drug-likeness (QED) is 0.0261. The summed E-state index contributed by atoms with van der Waals surface area (Å²) < 4.78 is 11.3. The van der Waals surface area contributed by atoms with Gasteiger partial charge in [0.1, 0.15) is 24.4 Å². The average molecular weight is 1010 g/mol. The second-order valence-corrected chi connectivity index (χ2v) is 20.4. The second kappa shape index (κ2) is 51.8. The highest BCUT2D eigenvalue weighted by molar-refractivity contribution is 5.76. The molecule has 1 amide bonds. The lowest BCUT2D eigenvalue weighted by Gasteiger charge is -2.40. The normalized spacial score (nSPS) is 19.8. The standard InChI is InChI=1S/C63H111NO8/c1-3-5-7-9-11-13-15-17-19-21-23-25-26-27-28-29-30-31-32-33-35-37-39-41-43-45-47-49-51-53-59(67)64-56(55-71-63-62(70)61(69)60(68)58(54-65)72-63)57(66)52-50-48-46-44-42-40-38-36-34-24-22-20-18-16-14-12-10-8-6-4-2/h5,7,11,13,17,19,23,25,34,36,42,44,50,52,56-58,60-63,65-66,68-70H,3-4,6,8-10,12,14-16,18,20-22,24,26-33,35,37-41,43,45-49,51,53-55H2,1-2H3,(H,64,67)/b7-5-,13-11-,19-17-,25-23-,36-34+,44-42+,52-50+. The van der Waals surface area contributed by atoms with E-state index in [1.165, 1.54) is 161 Å². The molecule has 416 valence electrons. The molecule has 7 unspecified atom stereocenters. The Morgan fingerprint density at radius 3 is 1.33 bits per heavy atom. The van der Waals surface area contributed by atoms with Crippen molar-refractivity contribution < 1.29 is 39.8 Å². The molecule has 72 heavy (non-hydrogen) atoms. The summed E-state index contributed by atoms with van der Waals surface area (Å²) in [6, 6.07) is -0.832. The SMILES string of the molecule is CC/C=C\C/C=C\C/C=C\C/C=C\CCCCCCCCCCCCCCCCCCC(=O)NC(COC1OC(CO)C(O)C(O)C1O)C(O)/C=C/CC/C=C/CC/C=C/CCCCCCCCCCCC. The van der Waals surface area contributed by atoms with E-state index in [0.29, 0.717) is 6.42 Å². The average Bonchev–Trinajstić information content (AvgIpc) is 3.38. The molecule has 1 heterocycles. The number of unbranched alkanes of at least 4 members (excludes halogenated alkanes) is 28. The summed E-state index contributed by atoms with van der Waals surface area (Å²) in [5, 5.41) is 54.5. The molecule has 0 bridgehead atoms. The number of ether oxygens (including phenoxy) is 2. The van der Waals surface area contributed by atoms with Gasteiger partial charge < -0.3 is 40.3 Å². The predicted octanol–water partition coefficient (Wildman–Crippen LogP) is 15.0. The van der Waals surface area contributed by atoms with Gasteiger partial charge >= 0.3 is 0 Å². The molecule has 1 rings (SSSR count). The first-order chi connectivity index (χ1) is 35.3. The van der Waals surface area contributed by atoms with E-state index < -0.39 is 49.5 Å². The van der Waals surface area contributed by atoms with Crippen LogP contribution in [0.5, 0.6) is 0 Å². The van der Waals surface area contributed by atoms with Crippen LogP contribution in [0.2, 0.25) is 0 Å². The van der Waals surface area contributed by atoms with Gasteiger partial charge in [-0.1, -0.05) is 247 Å². The molecule has 0 radical (unpaired) electrons. The third kappa shape index (κ3) is 40.7. The van der Waals surface area contributed by atoms with E-state index in [2.05, 4.69) is 92.1 Å². The van der Waals surface area contributed by atoms with Gasteiger partial charge in [0.25, 0.3) is 0 Å². The predicted molar refractivity (Wildman–Crippen MR) is 304 cm³/mol. The van der Waals surface area contributed by atoms with Gasteiger partial charge in [0, 0.05) is 6.42 Å². The fourth-order valence-corrected chi connectivity index (χ4v) is 9.00. The number of hydrogen-bond donors (Lipinski definition) is 6. The Balaban J connectivity index is 2.22. The third-order valence-electron chi connectivity index (χ3n) is 13.7. The number of aliphatic hydroxyl groups is 5. The second-order valence-electron chi connectivity index (χ2n) is 20.4. The molecule has 7 atom stereocenters. The zero-order valence-electron chi connectivity index (χ0n) is 46.2. The number of allylic oxidation sites excluding steroid dienone is 13. The Hall–Kier alpha value is -2.63. The topological polar surface area (TPSA) is 149 Å². The molecule has 0 aromatic carbocycles. The lowest BCUT2D eigenvalue weighted by Crippen LogP contribution is -2.60. The van der Waals surface area contributed by atoms with E-state index in [9.17, 15) is 30.3 Å². The van der Waals surface area contributed by atoms with Gasteiger partial charge in [-0.25, -0.2) is 0 Å². The first-order valence-electron chi connectivity index (χ1n) is 29.8. The summed E-state index contributed by atoms with van der Waals surface area (Å²) in [5.74, 6) is -0.192. The highest BCUT2D eigenvalue weighted by Gasteiger charge is 2.44. The first kappa shape index (κ1) is 67.4. The van der Waals surface area contributed by atoms with Crippen LogP contribution in [0.3, 0.4) is 0 Å². The van der Waals surface area contributed by atoms with Crippen molar-refractivity contribution in [2.45, 2.75) is 294 Å². The maximum Gasteiger partial charge on any atom is 0.220 e. The van der Waals surface area contributed by atoms with Gasteiger partial charge in [0.05, 0.1) is 25.4 Å². The van der Waals surface area contributed by atoms with E-state index >= 15 is 0 Å². The molecule has 9 nitrogen and oxygen atoms in total. The van der Waals surface area contributed by atoms with Gasteiger partial charge in [-0.3, -0.25) is 4.79 Å². The number of amides is 1. The highest BCUT2D eigenvalue weighted by Crippen LogP contribution is 2.23. The Bertz CT molecular complexity index is 1400. The maximum absolute atomic E-state index is 13.1. The number of hydrogen-bond acceptors (Lipinski definition) is 8. The minimum Gasteiger partial charge on any atom is -0.394 e. The van der Waals surface area contributed by atoms with E-state index in [1.807, 2.05) is 6.08 Å². The largest absolute Gasteiger partial charge is 0.394 e. The smallest absolute Gasteiger partial charge is 0.220 e. The number of aliphatic hydroxyl groups excluding tert-OH is 5. The third-order valence-corrected chi connectivity index (χ3v) is 13.7. The summed E-state index contributed by atoms with van der Waals surface area (Å²) in [6.07, 6.45) is 66.5. The highest BCUT2D eigenvalue weighted by atomic mass is 16.7. The van der Waals surface area contributed by atoms with Crippen molar-refractivity contribution in [2.75, 3.05) is 13.2 Å². The lowest BCUT2D eigenvalue weighted by atomic mass is 9.99. The molecule has 0 aromatic heterocycles. The minimum absolute atomic E-state index is 0.192. The van der Waals surface area contributed by atoms with E-state index in [1.54, 1.807) is 6.08 Å². The van der Waals surface area contributed by atoms with Gasteiger partial charge in [-0.05, 0) is 83.5 Å². The van der Waals surface area contributed by atoms with Crippen LogP contribution >= 0.6 is 0 Å². The molecule has 9 heteroatoms. The fraction of sp³-hybridized carbons (Fsp3) is 0.762. The molecular weight excluding hydrogens is 899 g/mol. The molecule has 1 fully saturated rings. The Kier molecular flexibility index (Phi) is 48.5. The van der Waals surface area contributed by atoms with Crippen LogP contribution in [0.25, 0.3) is 0 Å². The minimum atomic E-state index is -1.58. The van der Waals surface area contributed by atoms with Gasteiger partial charge in [-0.15, -0.1) is 0 Å². The van der Waals surface area contributed by atoms with E-state index in [4.69, 9.17) is 9.47 Å². The van der Waals surface area contributed by atoms with Crippen molar-refractivity contribution in [3.05, 3.63) is 85.1 Å². The Morgan fingerprint density at radius 2 is 0.875 bits per heavy atom. The molecule has 1 aliphatic heterocycles. The molecule has 6 N–H and O–H groups in total. The molecule has 0 saturated carbocycles. The summed E-state index contributed by atoms with van der Waals surface area (Å²) in [6.45, 7) is 3.66. The zero-order chi connectivity index (χ0) is 52.2. The Morgan fingerprint density at radius 1 is 0.486 bits per heavy atom. The molecule has 0 spiro atoms. The molecule has 1 saturated heterocycles. The number of carbonyl (C=O) groups is 1. The van der Waals surface area contributed by atoms with Crippen molar-refractivity contribution in [2.24, 2.45) is 0 Å². The fourth-order valence-electron chi connectivity index (χ4n) is 9.00. The number of nitrogens with one attached hydrogen (secondary N) is 1. The van der Waals surface area contributed by atoms with Crippen LogP contribution in [-0.4, -0.2) is 87.5 Å². The van der Waals surface area contributed by atoms with Crippen molar-refractivity contribution in [1.82, 2.24) is 5.32 Å². The van der Waals surface area contributed by atoms with E-state index in [0.717, 1.165) is 70.6 Å². The molecular formula is C63H111NO8. The van der Waals surface area contributed by atoms with Crippen LogP contribution in [0.1, 0.15) is 251 Å². The number of carbonyl (C=O) groups excluding carboxylic acids is 1. The van der Waals surface area contributed by atoms with Gasteiger partial charge in [-0.2, -0.15) is 0 Å². The Labute approximate surface area is 441 Å². The maximum atomic E-state index is 13.1. The van der Waals surface area contributed by atoms with Gasteiger partial charge in [0.15, 0.2) is 6.29 Å². The summed E-state index contributed by atoms with van der Waals surface area (Å²) in [5.41, 5.74) is 0. The summed E-state index contributed by atoms with van der Waals surface area (Å²) >= 11 is 0. The van der Waals surface area contributed by atoms with Crippen LogP contribution in [0, 0.1) is 0 Å². The van der Waals surface area contributed by atoms with Crippen molar-refractivity contribution in [1.29, 1.82) is 0 Å². The van der Waals surface area contributed by atoms with Crippen molar-refractivity contribution in [3.8, 4) is 0 Å². The van der Waals surface area contributed by atoms with Gasteiger partial charge in [0.2, 0.25) is 5.91 Å². The molecule has 0 aromatic rings. The van der Waals surface area contributed by atoms with E-state index in [-0.39, 0.29) is 12.5 Å². The van der Waals surface area contributed by atoms with Crippen LogP contribution in [0.15, 0.2) is 85.1 Å². The van der Waals surface area contributed by atoms with Crippen molar-refractivity contribution >= 4 is 5.91 Å². The van der Waals surface area contributed by atoms with Crippen LogP contribution in [0.4, 0.5) is 0 Å². The first-order valence-corrected chi connectivity index (χ1v) is 29.8. The monoisotopic (exact) mass is 1010 g/mol. The lowest BCUT2D eigenvalue weighted by molar-refractivity contribution is -0.302. The molecule has 0 aliphatic carbocycles. The summed E-state index contributed by atoms with van der Waals surface area (Å²) in [4.78, 5) is 13.1. The molecule has 1 aliphatic rings. The van der Waals surface area contributed by atoms with Crippen molar-refractivity contribution in [3.63, 3.8) is 0 Å². The van der Waals surface area contributed by atoms with Crippen LogP contribution in [-0.2, 0) is 14.3 Å².